The third-order valence-corrected chi connectivity index (χ3v) is 5.78. The molecule has 3 heterocycles. The Morgan fingerprint density at radius 3 is 2.80 bits per heavy atom. The van der Waals surface area contributed by atoms with Crippen LogP contribution in [0.25, 0.3) is 4.96 Å². The number of hydrogen-bond donors (Lipinski definition) is 1. The number of hydrogen-bond acceptors (Lipinski definition) is 7. The molecule has 1 N–H and O–H groups in total. The molecule has 3 rings (SSSR count). The van der Waals surface area contributed by atoms with Crippen LogP contribution in [0.1, 0.15) is 12.8 Å². The lowest BCUT2D eigenvalue weighted by Crippen LogP contribution is -2.32. The van der Waals surface area contributed by atoms with Gasteiger partial charge in [0.05, 0.1) is 11.5 Å². The number of aromatic nitrogens is 2. The van der Waals surface area contributed by atoms with Crippen molar-refractivity contribution in [3.8, 4) is 0 Å². The standard InChI is InChI=1S/C10H12N4O4S2/c15-14(16)9-8(12-10-13(9)3-4-19-10)11-7-1-5-20(17,18)6-2-7/h3-4,7,11H,1-2,5-6H2. The van der Waals surface area contributed by atoms with Gasteiger partial charge in [0.15, 0.2) is 0 Å². The minimum absolute atomic E-state index is 0.0955. The number of imidazole rings is 1. The second-order valence-electron chi connectivity index (χ2n) is 4.67. The van der Waals surface area contributed by atoms with Gasteiger partial charge >= 0.3 is 5.82 Å². The Balaban J connectivity index is 1.86. The van der Waals surface area contributed by atoms with E-state index in [2.05, 4.69) is 10.3 Å². The molecule has 1 aliphatic rings. The molecular formula is C10H12N4O4S2. The van der Waals surface area contributed by atoms with Gasteiger partial charge in [-0.25, -0.2) is 8.42 Å². The summed E-state index contributed by atoms with van der Waals surface area (Å²) in [5, 5.41) is 15.9. The lowest BCUT2D eigenvalue weighted by Gasteiger charge is -2.22. The van der Waals surface area contributed by atoms with Gasteiger partial charge in [0.25, 0.3) is 4.96 Å². The third kappa shape index (κ3) is 2.36. The molecule has 0 atom stereocenters. The summed E-state index contributed by atoms with van der Waals surface area (Å²) < 4.78 is 24.2. The summed E-state index contributed by atoms with van der Waals surface area (Å²) in [4.78, 5) is 15.4. The SMILES string of the molecule is O=[N+]([O-])c1c(NC2CCS(=O)(=O)CC2)nc2sccn12. The number of sulfone groups is 1. The maximum Gasteiger partial charge on any atom is 0.372 e. The fourth-order valence-electron chi connectivity index (χ4n) is 2.27. The highest BCUT2D eigenvalue weighted by atomic mass is 32.2. The van der Waals surface area contributed by atoms with Gasteiger partial charge in [-0.15, -0.1) is 0 Å². The molecule has 108 valence electrons. The van der Waals surface area contributed by atoms with E-state index in [4.69, 9.17) is 0 Å². The molecule has 10 heteroatoms. The van der Waals surface area contributed by atoms with Crippen LogP contribution in [0.2, 0.25) is 0 Å². The fraction of sp³-hybridized carbons (Fsp3) is 0.500. The van der Waals surface area contributed by atoms with Gasteiger partial charge in [0, 0.05) is 11.4 Å². The molecule has 2 aromatic rings. The zero-order valence-corrected chi connectivity index (χ0v) is 12.0. The fourth-order valence-corrected chi connectivity index (χ4v) is 4.47. The first-order valence-electron chi connectivity index (χ1n) is 6.03. The van der Waals surface area contributed by atoms with E-state index in [0.717, 1.165) is 0 Å². The van der Waals surface area contributed by atoms with Crippen molar-refractivity contribution in [2.75, 3.05) is 16.8 Å². The van der Waals surface area contributed by atoms with E-state index < -0.39 is 14.8 Å². The predicted molar refractivity (Wildman–Crippen MR) is 75.0 cm³/mol. The Kier molecular flexibility index (Phi) is 3.13. The molecule has 0 bridgehead atoms. The van der Waals surface area contributed by atoms with Crippen LogP contribution in [-0.4, -0.2) is 40.3 Å². The molecule has 1 fully saturated rings. The van der Waals surface area contributed by atoms with E-state index in [1.807, 2.05) is 0 Å². The van der Waals surface area contributed by atoms with E-state index >= 15 is 0 Å². The van der Waals surface area contributed by atoms with Crippen molar-refractivity contribution in [3.63, 3.8) is 0 Å². The van der Waals surface area contributed by atoms with E-state index in [1.54, 1.807) is 11.6 Å². The smallest absolute Gasteiger partial charge is 0.360 e. The summed E-state index contributed by atoms with van der Waals surface area (Å²) in [7, 11) is -2.95. The molecule has 0 spiro atoms. The Morgan fingerprint density at radius 2 is 2.15 bits per heavy atom. The van der Waals surface area contributed by atoms with Gasteiger partial charge in [-0.2, -0.15) is 9.38 Å². The molecule has 8 nitrogen and oxygen atoms in total. The molecule has 1 aliphatic heterocycles. The van der Waals surface area contributed by atoms with Gasteiger partial charge in [-0.1, -0.05) is 11.3 Å². The summed E-state index contributed by atoms with van der Waals surface area (Å²) in [6, 6.07) is -0.0955. The van der Waals surface area contributed by atoms with Crippen molar-refractivity contribution < 1.29 is 13.3 Å². The number of thiazole rings is 1. The quantitative estimate of drug-likeness (QED) is 0.675. The summed E-state index contributed by atoms with van der Waals surface area (Å²) in [5.41, 5.74) is 0. The van der Waals surface area contributed by atoms with Crippen LogP contribution < -0.4 is 5.32 Å². The van der Waals surface area contributed by atoms with Crippen molar-refractivity contribution in [2.45, 2.75) is 18.9 Å². The van der Waals surface area contributed by atoms with Gasteiger partial charge in [-0.3, -0.25) is 0 Å². The van der Waals surface area contributed by atoms with Gasteiger partial charge in [-0.05, 0) is 17.8 Å². The average molecular weight is 316 g/mol. The molecule has 2 aromatic heterocycles. The predicted octanol–water partition coefficient (Wildman–Crippen LogP) is 1.29. The van der Waals surface area contributed by atoms with Gasteiger partial charge in [0.1, 0.15) is 16.0 Å². The minimum atomic E-state index is -2.95. The van der Waals surface area contributed by atoms with E-state index in [1.165, 1.54) is 15.7 Å². The van der Waals surface area contributed by atoms with E-state index in [9.17, 15) is 18.5 Å². The van der Waals surface area contributed by atoms with Crippen molar-refractivity contribution in [1.29, 1.82) is 0 Å². The molecular weight excluding hydrogens is 304 g/mol. The average Bonchev–Trinajstić information content (AvgIpc) is 2.91. The number of nitro groups is 1. The van der Waals surface area contributed by atoms with E-state index in [-0.39, 0.29) is 29.2 Å². The summed E-state index contributed by atoms with van der Waals surface area (Å²) in [6.45, 7) is 0. The largest absolute Gasteiger partial charge is 0.372 e. The maximum absolute atomic E-state index is 11.4. The number of anilines is 1. The number of nitrogens with zero attached hydrogens (tertiary/aromatic N) is 3. The van der Waals surface area contributed by atoms with Crippen molar-refractivity contribution in [1.82, 2.24) is 9.38 Å². The van der Waals surface area contributed by atoms with Gasteiger partial charge in [0.2, 0.25) is 5.82 Å². The van der Waals surface area contributed by atoms with Crippen LogP contribution in [0, 0.1) is 10.1 Å². The van der Waals surface area contributed by atoms with Crippen LogP contribution >= 0.6 is 11.3 Å². The highest BCUT2D eigenvalue weighted by molar-refractivity contribution is 7.91. The van der Waals surface area contributed by atoms with Crippen molar-refractivity contribution in [3.05, 3.63) is 21.7 Å². The van der Waals surface area contributed by atoms with Crippen LogP contribution in [0.4, 0.5) is 11.6 Å². The summed E-state index contributed by atoms with van der Waals surface area (Å²) in [5.74, 6) is 0.335. The zero-order chi connectivity index (χ0) is 14.3. The topological polar surface area (TPSA) is 107 Å². The molecule has 0 radical (unpaired) electrons. The second kappa shape index (κ2) is 4.70. The highest BCUT2D eigenvalue weighted by Gasteiger charge is 2.28. The zero-order valence-electron chi connectivity index (χ0n) is 10.4. The molecule has 20 heavy (non-hydrogen) atoms. The Hall–Kier alpha value is -1.68. The monoisotopic (exact) mass is 316 g/mol. The van der Waals surface area contributed by atoms with Crippen LogP contribution in [0.15, 0.2) is 11.6 Å². The maximum atomic E-state index is 11.4. The van der Waals surface area contributed by atoms with Crippen LogP contribution in [-0.2, 0) is 9.84 Å². The molecule has 0 unspecified atom stereocenters. The molecule has 0 aliphatic carbocycles. The molecule has 1 saturated heterocycles. The lowest BCUT2D eigenvalue weighted by atomic mass is 10.1. The Bertz CT molecular complexity index is 749. The second-order valence-corrected chi connectivity index (χ2v) is 7.84. The minimum Gasteiger partial charge on any atom is -0.360 e. The third-order valence-electron chi connectivity index (χ3n) is 3.31. The first kappa shape index (κ1) is 13.3. The Morgan fingerprint density at radius 1 is 1.45 bits per heavy atom. The van der Waals surface area contributed by atoms with Crippen LogP contribution in [0.3, 0.4) is 0 Å². The summed E-state index contributed by atoms with van der Waals surface area (Å²) >= 11 is 1.31. The van der Waals surface area contributed by atoms with Crippen LogP contribution in [0.5, 0.6) is 0 Å². The molecule has 0 aromatic carbocycles. The highest BCUT2D eigenvalue weighted by Crippen LogP contribution is 2.29. The molecule has 0 saturated carbocycles. The number of nitrogens with one attached hydrogen (secondary N) is 1. The summed E-state index contributed by atoms with van der Waals surface area (Å²) in [6.07, 6.45) is 2.50. The lowest BCUT2D eigenvalue weighted by molar-refractivity contribution is -0.389. The van der Waals surface area contributed by atoms with Crippen molar-refractivity contribution in [2.24, 2.45) is 0 Å². The number of rotatable bonds is 3. The van der Waals surface area contributed by atoms with Crippen molar-refractivity contribution >= 4 is 37.8 Å². The first-order valence-corrected chi connectivity index (χ1v) is 8.73. The Labute approximate surface area is 118 Å². The number of fused-ring (bicyclic) bond motifs is 1. The normalized spacial score (nSPS) is 19.2. The molecule has 0 amide bonds. The van der Waals surface area contributed by atoms with Gasteiger partial charge < -0.3 is 15.4 Å². The first-order chi connectivity index (χ1) is 9.46. The van der Waals surface area contributed by atoms with E-state index in [0.29, 0.717) is 17.8 Å².